The van der Waals surface area contributed by atoms with Crippen molar-refractivity contribution in [2.45, 2.75) is 13.0 Å². The van der Waals surface area contributed by atoms with Gasteiger partial charge >= 0.3 is 0 Å². The first kappa shape index (κ1) is 15.1. The first-order valence-corrected chi connectivity index (χ1v) is 7.79. The van der Waals surface area contributed by atoms with Gasteiger partial charge in [0.05, 0.1) is 11.7 Å². The van der Waals surface area contributed by atoms with Crippen LogP contribution in [0.1, 0.15) is 29.1 Å². The van der Waals surface area contributed by atoms with E-state index < -0.39 is 0 Å². The van der Waals surface area contributed by atoms with Crippen molar-refractivity contribution in [3.05, 3.63) is 54.0 Å². The Kier molecular flexibility index (Phi) is 3.57. The van der Waals surface area contributed by atoms with Crippen LogP contribution in [-0.4, -0.2) is 33.0 Å². The Morgan fingerprint density at radius 1 is 1.32 bits per heavy atom. The van der Waals surface area contributed by atoms with E-state index in [4.69, 9.17) is 4.74 Å². The van der Waals surface area contributed by atoms with Gasteiger partial charge in [0.2, 0.25) is 0 Å². The molecule has 4 rings (SSSR count). The van der Waals surface area contributed by atoms with E-state index in [1.807, 2.05) is 35.7 Å². The molecular formula is C17H15N5O3. The molecule has 1 aliphatic rings. The van der Waals surface area contributed by atoms with Crippen LogP contribution in [0.4, 0.5) is 5.69 Å². The van der Waals surface area contributed by atoms with Crippen LogP contribution in [0.25, 0.3) is 5.65 Å². The molecule has 0 saturated carbocycles. The number of hydrogen-bond donors (Lipinski definition) is 2. The molecule has 8 heteroatoms. The van der Waals surface area contributed by atoms with Crippen LogP contribution >= 0.6 is 0 Å². The Bertz CT molecular complexity index is 981. The fourth-order valence-electron chi connectivity index (χ4n) is 2.72. The van der Waals surface area contributed by atoms with Crippen molar-refractivity contribution in [1.82, 2.24) is 19.9 Å². The van der Waals surface area contributed by atoms with Crippen LogP contribution in [0.5, 0.6) is 5.75 Å². The van der Waals surface area contributed by atoms with E-state index in [9.17, 15) is 9.59 Å². The average molecular weight is 337 g/mol. The highest BCUT2D eigenvalue weighted by Gasteiger charge is 2.20. The minimum Gasteiger partial charge on any atom is -0.482 e. The van der Waals surface area contributed by atoms with Crippen LogP contribution in [-0.2, 0) is 4.79 Å². The number of ether oxygens (including phenoxy) is 1. The molecule has 0 aliphatic carbocycles. The quantitative estimate of drug-likeness (QED) is 0.756. The number of anilines is 1. The maximum atomic E-state index is 12.5. The monoisotopic (exact) mass is 337 g/mol. The number of pyridine rings is 1. The Labute approximate surface area is 142 Å². The van der Waals surface area contributed by atoms with Crippen LogP contribution in [0.15, 0.2) is 42.6 Å². The second kappa shape index (κ2) is 5.90. The standard InChI is InChI=1S/C17H15N5O3/c1-10(16-21-20-14-4-2-3-7-22(14)16)18-17(24)11-5-6-12-13(8-11)25-9-15(23)19-12/h2-8,10H,9H2,1H3,(H,18,24)(H,19,23). The van der Waals surface area contributed by atoms with Crippen molar-refractivity contribution in [1.29, 1.82) is 0 Å². The van der Waals surface area contributed by atoms with Crippen molar-refractivity contribution < 1.29 is 14.3 Å². The number of fused-ring (bicyclic) bond motifs is 2. The van der Waals surface area contributed by atoms with Crippen molar-refractivity contribution in [3.8, 4) is 5.75 Å². The zero-order chi connectivity index (χ0) is 17.4. The van der Waals surface area contributed by atoms with Crippen molar-refractivity contribution in [2.75, 3.05) is 11.9 Å². The maximum Gasteiger partial charge on any atom is 0.262 e. The third-order valence-corrected chi connectivity index (χ3v) is 3.95. The fourth-order valence-corrected chi connectivity index (χ4v) is 2.72. The van der Waals surface area contributed by atoms with Crippen molar-refractivity contribution in [2.24, 2.45) is 0 Å². The number of hydrogen-bond acceptors (Lipinski definition) is 5. The lowest BCUT2D eigenvalue weighted by Crippen LogP contribution is -2.29. The van der Waals surface area contributed by atoms with E-state index in [1.54, 1.807) is 18.2 Å². The highest BCUT2D eigenvalue weighted by molar-refractivity contribution is 5.99. The molecule has 3 heterocycles. The van der Waals surface area contributed by atoms with Gasteiger partial charge in [-0.15, -0.1) is 10.2 Å². The molecule has 25 heavy (non-hydrogen) atoms. The van der Waals surface area contributed by atoms with Gasteiger partial charge < -0.3 is 15.4 Å². The van der Waals surface area contributed by atoms with Crippen LogP contribution in [0, 0.1) is 0 Å². The zero-order valence-corrected chi connectivity index (χ0v) is 13.4. The second-order valence-electron chi connectivity index (χ2n) is 5.73. The van der Waals surface area contributed by atoms with E-state index in [0.29, 0.717) is 22.8 Å². The number of nitrogens with one attached hydrogen (secondary N) is 2. The van der Waals surface area contributed by atoms with Gasteiger partial charge in [-0.25, -0.2) is 0 Å². The number of carbonyl (C=O) groups is 2. The lowest BCUT2D eigenvalue weighted by atomic mass is 10.1. The van der Waals surface area contributed by atoms with Gasteiger partial charge in [-0.1, -0.05) is 6.07 Å². The van der Waals surface area contributed by atoms with E-state index >= 15 is 0 Å². The molecule has 2 aromatic heterocycles. The highest BCUT2D eigenvalue weighted by Crippen LogP contribution is 2.28. The van der Waals surface area contributed by atoms with Crippen LogP contribution < -0.4 is 15.4 Å². The maximum absolute atomic E-state index is 12.5. The molecule has 2 N–H and O–H groups in total. The molecule has 0 spiro atoms. The highest BCUT2D eigenvalue weighted by atomic mass is 16.5. The predicted molar refractivity (Wildman–Crippen MR) is 89.4 cm³/mol. The molecule has 3 aromatic rings. The molecular weight excluding hydrogens is 322 g/mol. The van der Waals surface area contributed by atoms with Gasteiger partial charge in [-0.3, -0.25) is 14.0 Å². The summed E-state index contributed by atoms with van der Waals surface area (Å²) in [6, 6.07) is 10.2. The van der Waals surface area contributed by atoms with E-state index in [-0.39, 0.29) is 24.5 Å². The first-order chi connectivity index (χ1) is 12.1. The minimum atomic E-state index is -0.332. The van der Waals surface area contributed by atoms with E-state index in [2.05, 4.69) is 20.8 Å². The molecule has 0 radical (unpaired) electrons. The molecule has 8 nitrogen and oxygen atoms in total. The molecule has 1 aliphatic heterocycles. The largest absolute Gasteiger partial charge is 0.482 e. The zero-order valence-electron chi connectivity index (χ0n) is 13.4. The number of carbonyl (C=O) groups excluding carboxylic acids is 2. The van der Waals surface area contributed by atoms with Gasteiger partial charge in [0.1, 0.15) is 5.75 Å². The summed E-state index contributed by atoms with van der Waals surface area (Å²) in [5.41, 5.74) is 1.72. The van der Waals surface area contributed by atoms with E-state index in [0.717, 1.165) is 5.65 Å². The Balaban J connectivity index is 1.54. The first-order valence-electron chi connectivity index (χ1n) is 7.79. The summed E-state index contributed by atoms with van der Waals surface area (Å²) in [7, 11) is 0. The summed E-state index contributed by atoms with van der Waals surface area (Å²) in [6.07, 6.45) is 1.85. The third-order valence-electron chi connectivity index (χ3n) is 3.95. The summed E-state index contributed by atoms with van der Waals surface area (Å²) in [4.78, 5) is 23.8. The fraction of sp³-hybridized carbons (Fsp3) is 0.176. The molecule has 1 aromatic carbocycles. The molecule has 2 amide bonds. The normalized spacial score (nSPS) is 14.4. The smallest absolute Gasteiger partial charge is 0.262 e. The molecule has 1 atom stereocenters. The SMILES string of the molecule is CC(NC(=O)c1ccc2c(c1)OCC(=O)N2)c1nnc2ccccn12. The van der Waals surface area contributed by atoms with Gasteiger partial charge in [0, 0.05) is 11.8 Å². The van der Waals surface area contributed by atoms with Gasteiger partial charge in [-0.05, 0) is 37.3 Å². The Morgan fingerprint density at radius 3 is 3.08 bits per heavy atom. The van der Waals surface area contributed by atoms with Crippen LogP contribution in [0.3, 0.4) is 0 Å². The van der Waals surface area contributed by atoms with Crippen LogP contribution in [0.2, 0.25) is 0 Å². The van der Waals surface area contributed by atoms with E-state index in [1.165, 1.54) is 0 Å². The second-order valence-corrected chi connectivity index (χ2v) is 5.73. The summed E-state index contributed by atoms with van der Waals surface area (Å²) in [5.74, 6) is 0.652. The Hall–Kier alpha value is -3.42. The van der Waals surface area contributed by atoms with Gasteiger partial charge in [0.25, 0.3) is 11.8 Å². The van der Waals surface area contributed by atoms with Crippen molar-refractivity contribution in [3.63, 3.8) is 0 Å². The number of benzene rings is 1. The topological polar surface area (TPSA) is 97.6 Å². The summed E-state index contributed by atoms with van der Waals surface area (Å²) >= 11 is 0. The average Bonchev–Trinajstić information content (AvgIpc) is 3.05. The molecule has 0 saturated heterocycles. The number of aromatic nitrogens is 3. The summed E-state index contributed by atoms with van der Waals surface area (Å²) in [6.45, 7) is 1.79. The number of nitrogens with zero attached hydrogens (tertiary/aromatic N) is 3. The lowest BCUT2D eigenvalue weighted by Gasteiger charge is -2.19. The molecule has 0 bridgehead atoms. The lowest BCUT2D eigenvalue weighted by molar-refractivity contribution is -0.118. The summed E-state index contributed by atoms with van der Waals surface area (Å²) < 4.78 is 7.17. The molecule has 1 unspecified atom stereocenters. The van der Waals surface area contributed by atoms with Crippen molar-refractivity contribution >= 4 is 23.1 Å². The van der Waals surface area contributed by atoms with Gasteiger partial charge in [-0.2, -0.15) is 0 Å². The third kappa shape index (κ3) is 2.78. The minimum absolute atomic E-state index is 0.0553. The van der Waals surface area contributed by atoms with Gasteiger partial charge in [0.15, 0.2) is 18.1 Å². The number of amides is 2. The summed E-state index contributed by atoms with van der Waals surface area (Å²) in [5, 5.41) is 13.8. The Morgan fingerprint density at radius 2 is 2.20 bits per heavy atom. The number of rotatable bonds is 3. The molecule has 126 valence electrons. The molecule has 0 fully saturated rings. The predicted octanol–water partition coefficient (Wildman–Crippen LogP) is 1.55.